The molecule has 5 aromatic carbocycles. The van der Waals surface area contributed by atoms with Gasteiger partial charge in [-0.25, -0.2) is 0 Å². The van der Waals surface area contributed by atoms with Gasteiger partial charge in [-0.1, -0.05) is 60.7 Å². The van der Waals surface area contributed by atoms with Crippen LogP contribution in [0.2, 0.25) is 0 Å². The number of para-hydroxylation sites is 4. The van der Waals surface area contributed by atoms with Crippen molar-refractivity contribution >= 4 is 46.7 Å². The highest BCUT2D eigenvalue weighted by Crippen LogP contribution is 2.51. The molecule has 0 unspecified atom stereocenters. The Morgan fingerprint density at radius 2 is 1.19 bits per heavy atom. The molecule has 1 aliphatic rings. The van der Waals surface area contributed by atoms with Crippen molar-refractivity contribution < 1.29 is 14.8 Å². The number of nitrogens with zero attached hydrogens (tertiary/aromatic N) is 2. The van der Waals surface area contributed by atoms with Crippen LogP contribution in [0.25, 0.3) is 0 Å². The average Bonchev–Trinajstić information content (AvgIpc) is 2.93. The van der Waals surface area contributed by atoms with Gasteiger partial charge in [0.25, 0.3) is 0 Å². The predicted octanol–water partition coefficient (Wildman–Crippen LogP) is 6.41. The molecule has 0 saturated carbocycles. The first kappa shape index (κ1) is 22.0. The van der Waals surface area contributed by atoms with Crippen molar-refractivity contribution in [1.29, 1.82) is 0 Å². The Morgan fingerprint density at radius 3 is 1.89 bits per heavy atom. The zero-order valence-electron chi connectivity index (χ0n) is 19.4. The number of anilines is 6. The first-order valence-corrected chi connectivity index (χ1v) is 11.8. The summed E-state index contributed by atoms with van der Waals surface area (Å²) >= 11 is 0. The summed E-state index contributed by atoms with van der Waals surface area (Å²) in [7, 11) is -1.55. The molecule has 0 aliphatic carbocycles. The van der Waals surface area contributed by atoms with Gasteiger partial charge in [-0.15, -0.1) is 0 Å². The monoisotopic (exact) mass is 470 g/mol. The van der Waals surface area contributed by atoms with E-state index in [1.165, 1.54) is 0 Å². The van der Waals surface area contributed by atoms with E-state index in [4.69, 9.17) is 4.74 Å². The summed E-state index contributed by atoms with van der Waals surface area (Å²) in [6, 6.07) is 41.7. The number of rotatable bonds is 5. The molecule has 0 radical (unpaired) electrons. The minimum Gasteiger partial charge on any atom is -0.453 e. The lowest BCUT2D eigenvalue weighted by Crippen LogP contribution is -2.30. The molecule has 0 aromatic heterocycles. The van der Waals surface area contributed by atoms with Crippen LogP contribution >= 0.6 is 0 Å². The lowest BCUT2D eigenvalue weighted by Gasteiger charge is -2.34. The first-order valence-electron chi connectivity index (χ1n) is 11.8. The highest BCUT2D eigenvalue weighted by Gasteiger charge is 2.27. The van der Waals surface area contributed by atoms with Crippen molar-refractivity contribution in [2.75, 3.05) is 9.80 Å². The lowest BCUT2D eigenvalue weighted by atomic mass is 9.80. The third-order valence-electron chi connectivity index (χ3n) is 6.22. The van der Waals surface area contributed by atoms with Gasteiger partial charge in [0, 0.05) is 28.8 Å². The minimum atomic E-state index is -1.55. The number of benzene rings is 5. The molecule has 174 valence electrons. The van der Waals surface area contributed by atoms with Crippen LogP contribution in [0.3, 0.4) is 0 Å². The predicted molar refractivity (Wildman–Crippen MR) is 146 cm³/mol. The lowest BCUT2D eigenvalue weighted by molar-refractivity contribution is 0.426. The summed E-state index contributed by atoms with van der Waals surface area (Å²) in [5.74, 6) is 1.43. The topological polar surface area (TPSA) is 56.2 Å². The van der Waals surface area contributed by atoms with Crippen LogP contribution in [0.4, 0.5) is 34.1 Å². The summed E-state index contributed by atoms with van der Waals surface area (Å²) in [4.78, 5) is 4.27. The number of hydrogen-bond acceptors (Lipinski definition) is 5. The van der Waals surface area contributed by atoms with Gasteiger partial charge in [-0.05, 0) is 66.1 Å². The molecule has 0 saturated heterocycles. The molecule has 1 heterocycles. The van der Waals surface area contributed by atoms with E-state index in [-0.39, 0.29) is 0 Å². The van der Waals surface area contributed by atoms with Crippen LogP contribution in [0, 0.1) is 0 Å². The quantitative estimate of drug-likeness (QED) is 0.285. The van der Waals surface area contributed by atoms with Gasteiger partial charge in [-0.2, -0.15) is 0 Å². The van der Waals surface area contributed by atoms with E-state index in [0.717, 1.165) is 39.9 Å². The molecule has 36 heavy (non-hydrogen) atoms. The fourth-order valence-electron chi connectivity index (χ4n) is 4.59. The maximum absolute atomic E-state index is 9.76. The molecule has 5 nitrogen and oxygen atoms in total. The van der Waals surface area contributed by atoms with Gasteiger partial charge in [-0.3, -0.25) is 0 Å². The summed E-state index contributed by atoms with van der Waals surface area (Å²) in [6.07, 6.45) is 0. The molecule has 1 aliphatic heterocycles. The molecule has 0 amide bonds. The van der Waals surface area contributed by atoms with Crippen molar-refractivity contribution in [2.24, 2.45) is 0 Å². The van der Waals surface area contributed by atoms with E-state index in [1.54, 1.807) is 12.1 Å². The Kier molecular flexibility index (Phi) is 5.66. The van der Waals surface area contributed by atoms with Crippen LogP contribution in [0.15, 0.2) is 127 Å². The number of ether oxygens (including phenoxy) is 1. The molecule has 0 spiro atoms. The summed E-state index contributed by atoms with van der Waals surface area (Å²) in [5, 5.41) is 19.5. The second-order valence-corrected chi connectivity index (χ2v) is 8.53. The van der Waals surface area contributed by atoms with Crippen molar-refractivity contribution in [3.63, 3.8) is 0 Å². The first-order chi connectivity index (χ1) is 17.7. The van der Waals surface area contributed by atoms with Gasteiger partial charge >= 0.3 is 7.12 Å². The Bertz CT molecular complexity index is 1470. The average molecular weight is 470 g/mol. The van der Waals surface area contributed by atoms with E-state index in [1.807, 2.05) is 84.9 Å². The van der Waals surface area contributed by atoms with Crippen molar-refractivity contribution in [3.05, 3.63) is 127 Å². The summed E-state index contributed by atoms with van der Waals surface area (Å²) in [5.41, 5.74) is 6.03. The summed E-state index contributed by atoms with van der Waals surface area (Å²) in [6.45, 7) is 0. The van der Waals surface area contributed by atoms with Crippen LogP contribution < -0.4 is 20.0 Å². The smallest absolute Gasteiger partial charge is 0.453 e. The minimum absolute atomic E-state index is 0.425. The van der Waals surface area contributed by atoms with Crippen molar-refractivity contribution in [1.82, 2.24) is 0 Å². The fraction of sp³-hybridized carbons (Fsp3) is 0. The zero-order chi connectivity index (χ0) is 24.5. The van der Waals surface area contributed by atoms with Crippen molar-refractivity contribution in [2.45, 2.75) is 0 Å². The third-order valence-corrected chi connectivity index (χ3v) is 6.22. The molecule has 0 atom stereocenters. The van der Waals surface area contributed by atoms with Crippen LogP contribution in [0.5, 0.6) is 11.5 Å². The Labute approximate surface area is 210 Å². The number of hydrogen-bond donors (Lipinski definition) is 2. The van der Waals surface area contributed by atoms with Gasteiger partial charge in [0.1, 0.15) is 0 Å². The molecular formula is C30H23BN2O3. The highest BCUT2D eigenvalue weighted by atomic mass is 16.5. The molecular weight excluding hydrogens is 447 g/mol. The second kappa shape index (κ2) is 9.26. The highest BCUT2D eigenvalue weighted by molar-refractivity contribution is 6.58. The van der Waals surface area contributed by atoms with Gasteiger partial charge < -0.3 is 24.6 Å². The molecule has 6 rings (SSSR count). The van der Waals surface area contributed by atoms with Crippen LogP contribution in [0.1, 0.15) is 0 Å². The Balaban J connectivity index is 1.50. The van der Waals surface area contributed by atoms with E-state index < -0.39 is 7.12 Å². The van der Waals surface area contributed by atoms with Crippen LogP contribution in [-0.2, 0) is 0 Å². The Morgan fingerprint density at radius 1 is 0.556 bits per heavy atom. The van der Waals surface area contributed by atoms with Crippen LogP contribution in [-0.4, -0.2) is 17.2 Å². The largest absolute Gasteiger partial charge is 0.488 e. The Hall–Kier alpha value is -4.52. The molecule has 6 heteroatoms. The van der Waals surface area contributed by atoms with E-state index in [9.17, 15) is 10.0 Å². The fourth-order valence-corrected chi connectivity index (χ4v) is 4.59. The maximum atomic E-state index is 9.76. The normalized spacial score (nSPS) is 11.8. The standard InChI is InChI=1S/C30H23BN2O3/c34-31(35)22-10-9-15-25(20-22)33-27-16-7-8-17-29(27)36-30-21-26(18-19-28(30)33)32(23-11-3-1-4-12-23)24-13-5-2-6-14-24/h1-21,34-35H. The molecule has 5 aromatic rings. The third kappa shape index (κ3) is 3.98. The molecule has 0 bridgehead atoms. The maximum Gasteiger partial charge on any atom is 0.488 e. The second-order valence-electron chi connectivity index (χ2n) is 8.53. The van der Waals surface area contributed by atoms with Gasteiger partial charge in [0.05, 0.1) is 11.4 Å². The SMILES string of the molecule is OB(O)c1cccc(N2c3ccccc3Oc3cc(N(c4ccccc4)c4ccccc4)ccc32)c1. The van der Waals surface area contributed by atoms with Crippen molar-refractivity contribution in [3.8, 4) is 11.5 Å². The van der Waals surface area contributed by atoms with E-state index in [2.05, 4.69) is 40.1 Å². The van der Waals surface area contributed by atoms with Gasteiger partial charge in [0.2, 0.25) is 0 Å². The van der Waals surface area contributed by atoms with E-state index >= 15 is 0 Å². The molecule has 0 fully saturated rings. The van der Waals surface area contributed by atoms with E-state index in [0.29, 0.717) is 11.2 Å². The zero-order valence-corrected chi connectivity index (χ0v) is 19.4. The number of fused-ring (bicyclic) bond motifs is 2. The van der Waals surface area contributed by atoms with Gasteiger partial charge in [0.15, 0.2) is 11.5 Å². The summed E-state index contributed by atoms with van der Waals surface area (Å²) < 4.78 is 6.40. The molecule has 2 N–H and O–H groups in total.